The van der Waals surface area contributed by atoms with E-state index in [9.17, 15) is 4.79 Å². The van der Waals surface area contributed by atoms with Crippen LogP contribution in [0.1, 0.15) is 21.9 Å². The average molecular weight is 229 g/mol. The first-order valence-corrected chi connectivity index (χ1v) is 5.09. The Labute approximate surface area is 98.1 Å². The normalized spacial score (nSPS) is 9.94. The van der Waals surface area contributed by atoms with Crippen LogP contribution in [0.25, 0.3) is 0 Å². The Morgan fingerprint density at radius 2 is 2.24 bits per heavy atom. The summed E-state index contributed by atoms with van der Waals surface area (Å²) in [4.78, 5) is 19.8. The summed E-state index contributed by atoms with van der Waals surface area (Å²) in [5.41, 5.74) is 1.83. The third-order valence-electron chi connectivity index (χ3n) is 2.07. The van der Waals surface area contributed by atoms with Crippen LogP contribution in [0.15, 0.2) is 30.7 Å². The first-order chi connectivity index (χ1) is 8.25. The van der Waals surface area contributed by atoms with Crippen LogP contribution < -0.4 is 5.32 Å². The predicted octanol–water partition coefficient (Wildman–Crippen LogP) is 0.505. The van der Waals surface area contributed by atoms with Crippen LogP contribution in [0, 0.1) is 6.92 Å². The predicted molar refractivity (Wildman–Crippen MR) is 60.0 cm³/mol. The summed E-state index contributed by atoms with van der Waals surface area (Å²) in [5.74, 6) is -0.277. The van der Waals surface area contributed by atoms with Crippen molar-refractivity contribution in [3.05, 3.63) is 47.8 Å². The highest BCUT2D eigenvalue weighted by atomic mass is 16.1. The molecule has 0 saturated carbocycles. The van der Waals surface area contributed by atoms with Gasteiger partial charge in [0.1, 0.15) is 0 Å². The van der Waals surface area contributed by atoms with Crippen LogP contribution in [0.2, 0.25) is 0 Å². The highest BCUT2D eigenvalue weighted by Crippen LogP contribution is 1.95. The number of aromatic nitrogens is 4. The van der Waals surface area contributed by atoms with Crippen molar-refractivity contribution in [1.82, 2.24) is 25.5 Å². The molecule has 86 valence electrons. The number of amides is 1. The number of nitrogens with zero attached hydrogens (tertiary/aromatic N) is 4. The van der Waals surface area contributed by atoms with E-state index in [1.807, 2.05) is 6.92 Å². The molecule has 6 heteroatoms. The molecule has 6 nitrogen and oxygen atoms in total. The highest BCUT2D eigenvalue weighted by Gasteiger charge is 2.06. The van der Waals surface area contributed by atoms with Gasteiger partial charge in [-0.15, -0.1) is 5.10 Å². The van der Waals surface area contributed by atoms with Gasteiger partial charge in [-0.2, -0.15) is 5.10 Å². The van der Waals surface area contributed by atoms with E-state index < -0.39 is 0 Å². The Morgan fingerprint density at radius 1 is 1.35 bits per heavy atom. The van der Waals surface area contributed by atoms with Gasteiger partial charge in [0.25, 0.3) is 5.91 Å². The molecule has 2 rings (SSSR count). The molecule has 0 unspecified atom stereocenters. The highest BCUT2D eigenvalue weighted by molar-refractivity contribution is 5.91. The molecule has 0 aliphatic heterocycles. The number of carbonyl (C=O) groups excluding carboxylic acids is 1. The molecule has 2 aromatic heterocycles. The molecule has 0 bridgehead atoms. The first kappa shape index (κ1) is 11.1. The standard InChI is InChI=1S/C11H11N5O/c1-8-5-13-9(6-12-8)7-14-11(17)10-3-2-4-15-16-10/h2-6H,7H2,1H3,(H,14,17). The van der Waals surface area contributed by atoms with E-state index in [0.29, 0.717) is 12.2 Å². The van der Waals surface area contributed by atoms with Crippen molar-refractivity contribution in [2.24, 2.45) is 0 Å². The van der Waals surface area contributed by atoms with E-state index in [2.05, 4.69) is 25.5 Å². The van der Waals surface area contributed by atoms with Gasteiger partial charge in [-0.1, -0.05) is 0 Å². The number of aryl methyl sites for hydroxylation is 1. The summed E-state index contributed by atoms with van der Waals surface area (Å²) in [6, 6.07) is 3.26. The van der Waals surface area contributed by atoms with Gasteiger partial charge < -0.3 is 5.32 Å². The molecule has 1 amide bonds. The smallest absolute Gasteiger partial charge is 0.272 e. The van der Waals surface area contributed by atoms with Crippen molar-refractivity contribution >= 4 is 5.91 Å². The van der Waals surface area contributed by atoms with Gasteiger partial charge in [-0.3, -0.25) is 14.8 Å². The second-order valence-corrected chi connectivity index (χ2v) is 3.44. The van der Waals surface area contributed by atoms with Gasteiger partial charge in [-0.05, 0) is 19.1 Å². The Morgan fingerprint density at radius 3 is 2.88 bits per heavy atom. The molecule has 2 heterocycles. The van der Waals surface area contributed by atoms with Crippen LogP contribution in [-0.4, -0.2) is 26.1 Å². The molecule has 0 spiro atoms. The van der Waals surface area contributed by atoms with Crippen molar-refractivity contribution in [3.63, 3.8) is 0 Å². The second kappa shape index (κ2) is 5.11. The Balaban J connectivity index is 1.95. The molecule has 0 saturated heterocycles. The summed E-state index contributed by atoms with van der Waals surface area (Å²) < 4.78 is 0. The number of rotatable bonds is 3. The van der Waals surface area contributed by atoms with E-state index in [0.717, 1.165) is 5.69 Å². The summed E-state index contributed by atoms with van der Waals surface area (Å²) in [6.07, 6.45) is 4.80. The average Bonchev–Trinajstić information content (AvgIpc) is 2.39. The van der Waals surface area contributed by atoms with Crippen molar-refractivity contribution in [2.75, 3.05) is 0 Å². The largest absolute Gasteiger partial charge is 0.345 e. The summed E-state index contributed by atoms with van der Waals surface area (Å²) in [5, 5.41) is 10.0. The molecule has 1 N–H and O–H groups in total. The maximum atomic E-state index is 11.6. The number of hydrogen-bond donors (Lipinski definition) is 1. The molecule has 0 atom stereocenters. The lowest BCUT2D eigenvalue weighted by atomic mass is 10.3. The van der Waals surface area contributed by atoms with Crippen LogP contribution >= 0.6 is 0 Å². The van der Waals surface area contributed by atoms with E-state index in [1.54, 1.807) is 24.5 Å². The molecule has 0 radical (unpaired) electrons. The van der Waals surface area contributed by atoms with E-state index in [4.69, 9.17) is 0 Å². The molecule has 0 aromatic carbocycles. The number of carbonyl (C=O) groups is 1. The topological polar surface area (TPSA) is 80.7 Å². The quantitative estimate of drug-likeness (QED) is 0.829. The SMILES string of the molecule is Cc1cnc(CNC(=O)c2cccnn2)cn1. The van der Waals surface area contributed by atoms with Crippen molar-refractivity contribution in [2.45, 2.75) is 13.5 Å². The molecular weight excluding hydrogens is 218 g/mol. The fraction of sp³-hybridized carbons (Fsp3) is 0.182. The number of hydrogen-bond acceptors (Lipinski definition) is 5. The molecular formula is C11H11N5O. The fourth-order valence-electron chi connectivity index (χ4n) is 1.19. The van der Waals surface area contributed by atoms with Crippen molar-refractivity contribution in [3.8, 4) is 0 Å². The van der Waals surface area contributed by atoms with Gasteiger partial charge >= 0.3 is 0 Å². The van der Waals surface area contributed by atoms with E-state index in [1.165, 1.54) is 6.20 Å². The Kier molecular flexibility index (Phi) is 3.34. The monoisotopic (exact) mass is 229 g/mol. The zero-order valence-corrected chi connectivity index (χ0v) is 9.29. The third-order valence-corrected chi connectivity index (χ3v) is 2.07. The first-order valence-electron chi connectivity index (χ1n) is 5.09. The third kappa shape index (κ3) is 3.04. The Bertz CT molecular complexity index is 497. The summed E-state index contributed by atoms with van der Waals surface area (Å²) in [6.45, 7) is 2.18. The minimum Gasteiger partial charge on any atom is -0.345 e. The van der Waals surface area contributed by atoms with Crippen LogP contribution in [0.3, 0.4) is 0 Å². The van der Waals surface area contributed by atoms with Gasteiger partial charge in [0, 0.05) is 12.4 Å². The van der Waals surface area contributed by atoms with Gasteiger partial charge in [0.2, 0.25) is 0 Å². The lowest BCUT2D eigenvalue weighted by Crippen LogP contribution is -2.24. The molecule has 2 aromatic rings. The molecule has 0 aliphatic carbocycles. The van der Waals surface area contributed by atoms with Gasteiger partial charge in [-0.25, -0.2) is 0 Å². The van der Waals surface area contributed by atoms with Crippen molar-refractivity contribution < 1.29 is 4.79 Å². The lowest BCUT2D eigenvalue weighted by Gasteiger charge is -2.03. The Hall–Kier alpha value is -2.37. The van der Waals surface area contributed by atoms with Crippen molar-refractivity contribution in [1.29, 1.82) is 0 Å². The minimum atomic E-state index is -0.277. The zero-order valence-electron chi connectivity index (χ0n) is 9.29. The van der Waals surface area contributed by atoms with E-state index in [-0.39, 0.29) is 11.6 Å². The van der Waals surface area contributed by atoms with Crippen LogP contribution in [0.4, 0.5) is 0 Å². The van der Waals surface area contributed by atoms with E-state index >= 15 is 0 Å². The summed E-state index contributed by atoms with van der Waals surface area (Å²) in [7, 11) is 0. The minimum absolute atomic E-state index is 0.277. The zero-order chi connectivity index (χ0) is 12.1. The van der Waals surface area contributed by atoms with Crippen LogP contribution in [-0.2, 0) is 6.54 Å². The maximum Gasteiger partial charge on any atom is 0.272 e. The lowest BCUT2D eigenvalue weighted by molar-refractivity contribution is 0.0944. The summed E-state index contributed by atoms with van der Waals surface area (Å²) >= 11 is 0. The molecule has 0 fully saturated rings. The number of nitrogens with one attached hydrogen (secondary N) is 1. The van der Waals surface area contributed by atoms with Crippen LogP contribution in [0.5, 0.6) is 0 Å². The van der Waals surface area contributed by atoms with Gasteiger partial charge in [0.05, 0.1) is 24.1 Å². The molecule has 0 aliphatic rings. The molecule has 17 heavy (non-hydrogen) atoms. The van der Waals surface area contributed by atoms with Gasteiger partial charge in [0.15, 0.2) is 5.69 Å². The second-order valence-electron chi connectivity index (χ2n) is 3.44. The maximum absolute atomic E-state index is 11.6. The fourth-order valence-corrected chi connectivity index (χ4v) is 1.19.